The Morgan fingerprint density at radius 1 is 1.14 bits per heavy atom. The van der Waals surface area contributed by atoms with Crippen molar-refractivity contribution in [2.45, 2.75) is 19.8 Å². The van der Waals surface area contributed by atoms with Crippen molar-refractivity contribution in [1.82, 2.24) is 4.90 Å². The van der Waals surface area contributed by atoms with Gasteiger partial charge >= 0.3 is 0 Å². The van der Waals surface area contributed by atoms with Crippen LogP contribution in [-0.2, 0) is 4.79 Å². The van der Waals surface area contributed by atoms with Gasteiger partial charge in [-0.1, -0.05) is 24.6 Å². The first kappa shape index (κ1) is 20.1. The molecule has 0 unspecified atom stereocenters. The molecule has 1 fully saturated rings. The molecule has 0 aromatic heterocycles. The summed E-state index contributed by atoms with van der Waals surface area (Å²) in [6.07, 6.45) is 2.03. The van der Waals surface area contributed by atoms with Gasteiger partial charge in [-0.15, -0.1) is 0 Å². The lowest BCUT2D eigenvalue weighted by molar-refractivity contribution is -0.114. The molecular formula is C21H23ClFN3O2. The van der Waals surface area contributed by atoms with Gasteiger partial charge in [-0.2, -0.15) is 0 Å². The number of hydrogen-bond donors (Lipinski definition) is 2. The number of amides is 2. The highest BCUT2D eigenvalue weighted by molar-refractivity contribution is 6.31. The first-order chi connectivity index (χ1) is 13.4. The predicted molar refractivity (Wildman–Crippen MR) is 109 cm³/mol. The molecule has 0 saturated carbocycles. The van der Waals surface area contributed by atoms with Gasteiger partial charge in [-0.3, -0.25) is 9.59 Å². The van der Waals surface area contributed by atoms with Crippen LogP contribution >= 0.6 is 11.6 Å². The average molecular weight is 404 g/mol. The summed E-state index contributed by atoms with van der Waals surface area (Å²) >= 11 is 5.73. The Kier molecular flexibility index (Phi) is 6.52. The van der Waals surface area contributed by atoms with E-state index in [0.717, 1.165) is 25.9 Å². The molecule has 2 amide bonds. The lowest BCUT2D eigenvalue weighted by Gasteiger charge is -2.30. The number of carbonyl (C=O) groups excluding carboxylic acids is 2. The van der Waals surface area contributed by atoms with Gasteiger partial charge in [0, 0.05) is 30.0 Å². The molecule has 1 aliphatic rings. The first-order valence-corrected chi connectivity index (χ1v) is 9.68. The summed E-state index contributed by atoms with van der Waals surface area (Å²) in [6, 6.07) is 11.1. The summed E-state index contributed by atoms with van der Waals surface area (Å²) < 4.78 is 13.2. The highest BCUT2D eigenvalue weighted by atomic mass is 35.5. The summed E-state index contributed by atoms with van der Waals surface area (Å²) in [5.74, 6) is -0.154. The van der Waals surface area contributed by atoms with Crippen LogP contribution in [0, 0.1) is 11.7 Å². The number of nitrogens with zero attached hydrogens (tertiary/aromatic N) is 1. The molecule has 0 atom stereocenters. The third kappa shape index (κ3) is 5.23. The van der Waals surface area contributed by atoms with Crippen LogP contribution in [0.2, 0.25) is 5.02 Å². The highest BCUT2D eigenvalue weighted by Gasteiger charge is 2.21. The molecule has 0 radical (unpaired) electrons. The fourth-order valence-electron chi connectivity index (χ4n) is 3.12. The Hall–Kier alpha value is -2.60. The van der Waals surface area contributed by atoms with Crippen LogP contribution < -0.4 is 10.6 Å². The molecular weight excluding hydrogens is 381 g/mol. The number of nitrogens with one attached hydrogen (secondary N) is 2. The topological polar surface area (TPSA) is 61.4 Å². The molecule has 2 aromatic rings. The molecule has 1 heterocycles. The average Bonchev–Trinajstić information content (AvgIpc) is 2.69. The van der Waals surface area contributed by atoms with Gasteiger partial charge in [0.15, 0.2) is 0 Å². The lowest BCUT2D eigenvalue weighted by Crippen LogP contribution is -2.37. The maximum absolute atomic E-state index is 13.2. The Morgan fingerprint density at radius 3 is 2.61 bits per heavy atom. The number of carbonyl (C=O) groups is 2. The van der Waals surface area contributed by atoms with E-state index in [2.05, 4.69) is 17.6 Å². The minimum absolute atomic E-state index is 0.00977. The Morgan fingerprint density at radius 2 is 1.89 bits per heavy atom. The third-order valence-electron chi connectivity index (χ3n) is 4.84. The van der Waals surface area contributed by atoms with E-state index in [1.54, 1.807) is 24.3 Å². The number of rotatable bonds is 5. The molecule has 0 aliphatic carbocycles. The fraction of sp³-hybridized carbons (Fsp3) is 0.333. The van der Waals surface area contributed by atoms with E-state index in [9.17, 15) is 14.0 Å². The maximum Gasteiger partial charge on any atom is 0.253 e. The van der Waals surface area contributed by atoms with Crippen LogP contribution in [0.5, 0.6) is 0 Å². The Labute approximate surface area is 168 Å². The van der Waals surface area contributed by atoms with Gasteiger partial charge in [-0.05, 0) is 55.2 Å². The van der Waals surface area contributed by atoms with Gasteiger partial charge < -0.3 is 15.5 Å². The highest BCUT2D eigenvalue weighted by Crippen LogP contribution is 2.20. The predicted octanol–water partition coefficient (Wildman–Crippen LogP) is 4.40. The van der Waals surface area contributed by atoms with Crippen molar-refractivity contribution in [1.29, 1.82) is 0 Å². The van der Waals surface area contributed by atoms with Crippen LogP contribution in [0.3, 0.4) is 0 Å². The van der Waals surface area contributed by atoms with Crippen LogP contribution in [0.15, 0.2) is 42.5 Å². The van der Waals surface area contributed by atoms with E-state index in [-0.39, 0.29) is 23.4 Å². The minimum atomic E-state index is -0.513. The summed E-state index contributed by atoms with van der Waals surface area (Å²) in [6.45, 7) is 3.72. The molecule has 5 nitrogen and oxygen atoms in total. The molecule has 0 bridgehead atoms. The van der Waals surface area contributed by atoms with E-state index in [1.165, 1.54) is 18.2 Å². The summed E-state index contributed by atoms with van der Waals surface area (Å²) in [4.78, 5) is 26.7. The normalized spacial score (nSPS) is 14.6. The van der Waals surface area contributed by atoms with Gasteiger partial charge in [0.2, 0.25) is 5.91 Å². The molecule has 28 heavy (non-hydrogen) atoms. The number of halogens is 2. The van der Waals surface area contributed by atoms with Crippen LogP contribution in [0.25, 0.3) is 0 Å². The van der Waals surface area contributed by atoms with Crippen molar-refractivity contribution >= 4 is 34.8 Å². The fourth-order valence-corrected chi connectivity index (χ4v) is 3.30. The molecule has 2 aromatic carbocycles. The lowest BCUT2D eigenvalue weighted by atomic mass is 9.98. The van der Waals surface area contributed by atoms with E-state index < -0.39 is 5.82 Å². The number of piperidine rings is 1. The number of benzene rings is 2. The summed E-state index contributed by atoms with van der Waals surface area (Å²) in [5, 5.41) is 5.64. The van der Waals surface area contributed by atoms with Crippen molar-refractivity contribution in [3.8, 4) is 0 Å². The summed E-state index contributed by atoms with van der Waals surface area (Å²) in [5.41, 5.74) is 1.66. The largest absolute Gasteiger partial charge is 0.376 e. The summed E-state index contributed by atoms with van der Waals surface area (Å²) in [7, 11) is 0. The van der Waals surface area contributed by atoms with Crippen LogP contribution in [0.1, 0.15) is 30.1 Å². The van der Waals surface area contributed by atoms with Gasteiger partial charge in [0.05, 0.1) is 11.6 Å². The van der Waals surface area contributed by atoms with Gasteiger partial charge in [-0.25, -0.2) is 4.39 Å². The first-order valence-electron chi connectivity index (χ1n) is 9.30. The molecule has 0 spiro atoms. The second kappa shape index (κ2) is 9.06. The van der Waals surface area contributed by atoms with E-state index in [4.69, 9.17) is 11.6 Å². The molecule has 148 valence electrons. The monoisotopic (exact) mass is 403 g/mol. The third-order valence-corrected chi connectivity index (χ3v) is 5.13. The van der Waals surface area contributed by atoms with Crippen molar-refractivity contribution in [2.24, 2.45) is 5.92 Å². The Bertz CT molecular complexity index is 866. The molecule has 1 aliphatic heterocycles. The number of likely N-dealkylation sites (tertiary alicyclic amines) is 1. The van der Waals surface area contributed by atoms with Crippen molar-refractivity contribution in [2.75, 3.05) is 30.3 Å². The van der Waals surface area contributed by atoms with E-state index in [0.29, 0.717) is 22.9 Å². The quantitative estimate of drug-likeness (QED) is 0.777. The second-order valence-electron chi connectivity index (χ2n) is 7.09. The zero-order valence-electron chi connectivity index (χ0n) is 15.7. The van der Waals surface area contributed by atoms with E-state index >= 15 is 0 Å². The Balaban J connectivity index is 1.56. The van der Waals surface area contributed by atoms with Crippen molar-refractivity contribution < 1.29 is 14.0 Å². The minimum Gasteiger partial charge on any atom is -0.376 e. The molecule has 7 heteroatoms. The smallest absolute Gasteiger partial charge is 0.253 e. The number of anilines is 2. The SMILES string of the molecule is CC1CCN(C(=O)c2cccc(NC(=O)CNc3ccc(F)c(Cl)c3)c2)CC1. The molecule has 2 N–H and O–H groups in total. The second-order valence-corrected chi connectivity index (χ2v) is 7.49. The van der Waals surface area contributed by atoms with Crippen molar-refractivity contribution in [3.05, 3.63) is 58.9 Å². The van der Waals surface area contributed by atoms with Gasteiger partial charge in [0.1, 0.15) is 5.82 Å². The zero-order chi connectivity index (χ0) is 20.1. The molecule has 3 rings (SSSR count). The van der Waals surface area contributed by atoms with Crippen LogP contribution in [0.4, 0.5) is 15.8 Å². The van der Waals surface area contributed by atoms with E-state index in [1.807, 2.05) is 4.90 Å². The van der Waals surface area contributed by atoms with Crippen LogP contribution in [-0.4, -0.2) is 36.3 Å². The zero-order valence-corrected chi connectivity index (χ0v) is 16.4. The maximum atomic E-state index is 13.2. The molecule has 1 saturated heterocycles. The standard InChI is InChI=1S/C21H23ClFN3O2/c1-14-7-9-26(10-8-14)21(28)15-3-2-4-17(11-15)25-20(27)13-24-16-5-6-19(23)18(22)12-16/h2-6,11-12,14,24H,7-10,13H2,1H3,(H,25,27). The number of hydrogen-bond acceptors (Lipinski definition) is 3. The van der Waals surface area contributed by atoms with Gasteiger partial charge in [0.25, 0.3) is 5.91 Å². The van der Waals surface area contributed by atoms with Crippen molar-refractivity contribution in [3.63, 3.8) is 0 Å².